The lowest BCUT2D eigenvalue weighted by Gasteiger charge is -2.33. The van der Waals surface area contributed by atoms with Crippen LogP contribution in [0.5, 0.6) is 0 Å². The summed E-state index contributed by atoms with van der Waals surface area (Å²) in [4.78, 5) is 6.90. The zero-order chi connectivity index (χ0) is 18.0. The molecule has 1 saturated heterocycles. The van der Waals surface area contributed by atoms with Gasteiger partial charge in [0, 0.05) is 32.3 Å². The van der Waals surface area contributed by atoms with Crippen LogP contribution in [0.3, 0.4) is 0 Å². The van der Waals surface area contributed by atoms with Crippen LogP contribution in [0.2, 0.25) is 0 Å². The van der Waals surface area contributed by atoms with E-state index in [9.17, 15) is 5.26 Å². The number of hydrogen-bond acceptors (Lipinski definition) is 6. The normalized spacial score (nSPS) is 15.4. The predicted molar refractivity (Wildman–Crippen MR) is 99.9 cm³/mol. The van der Waals surface area contributed by atoms with Gasteiger partial charge in [0.1, 0.15) is 17.7 Å². The topological polar surface area (TPSA) is 70.6 Å². The number of rotatable bonds is 4. The molecule has 132 valence electrons. The average Bonchev–Trinajstić information content (AvgIpc) is 2.95. The van der Waals surface area contributed by atoms with Crippen molar-refractivity contribution in [2.24, 2.45) is 13.0 Å². The minimum atomic E-state index is 0.602. The van der Waals surface area contributed by atoms with Crippen LogP contribution in [0.15, 0.2) is 11.2 Å². The molecule has 0 saturated carbocycles. The summed E-state index contributed by atoms with van der Waals surface area (Å²) in [5.41, 5.74) is 2.69. The minimum Gasteiger partial charge on any atom is -0.355 e. The highest BCUT2D eigenvalue weighted by Crippen LogP contribution is 2.28. The first-order valence-electron chi connectivity index (χ1n) is 8.59. The van der Waals surface area contributed by atoms with Crippen molar-refractivity contribution in [3.05, 3.63) is 28.7 Å². The van der Waals surface area contributed by atoms with Gasteiger partial charge >= 0.3 is 0 Å². The smallest absolute Gasteiger partial charge is 0.190 e. The Balaban J connectivity index is 1.68. The number of hydrogen-bond donors (Lipinski definition) is 0. The Morgan fingerprint density at radius 2 is 2.00 bits per heavy atom. The molecule has 0 amide bonds. The van der Waals surface area contributed by atoms with Crippen LogP contribution >= 0.6 is 11.8 Å². The third kappa shape index (κ3) is 3.64. The third-order valence-corrected chi connectivity index (χ3v) is 5.65. The fraction of sp³-hybridized carbons (Fsp3) is 0.556. The Hall–Kier alpha value is -2.07. The number of aromatic nitrogens is 4. The summed E-state index contributed by atoms with van der Waals surface area (Å²) < 4.78 is 2.09. The van der Waals surface area contributed by atoms with E-state index in [0.29, 0.717) is 11.5 Å². The van der Waals surface area contributed by atoms with Gasteiger partial charge in [0.25, 0.3) is 0 Å². The molecule has 25 heavy (non-hydrogen) atoms. The first-order valence-corrected chi connectivity index (χ1v) is 9.81. The molecule has 7 heteroatoms. The van der Waals surface area contributed by atoms with Gasteiger partial charge in [0.05, 0.1) is 5.56 Å². The lowest BCUT2D eigenvalue weighted by atomic mass is 9.93. The van der Waals surface area contributed by atoms with Crippen molar-refractivity contribution >= 4 is 17.6 Å². The highest BCUT2D eigenvalue weighted by atomic mass is 32.2. The van der Waals surface area contributed by atoms with Gasteiger partial charge < -0.3 is 9.47 Å². The summed E-state index contributed by atoms with van der Waals surface area (Å²) in [6.45, 7) is 5.84. The second kappa shape index (κ2) is 7.44. The maximum atomic E-state index is 9.49. The molecule has 0 unspecified atom stereocenters. The van der Waals surface area contributed by atoms with E-state index in [1.807, 2.05) is 33.2 Å². The van der Waals surface area contributed by atoms with Crippen LogP contribution in [-0.2, 0) is 13.5 Å². The highest BCUT2D eigenvalue weighted by Gasteiger charge is 2.24. The molecule has 0 radical (unpaired) electrons. The van der Waals surface area contributed by atoms with Gasteiger partial charge in [-0.05, 0) is 50.5 Å². The molecule has 1 aliphatic heterocycles. The number of piperidine rings is 1. The van der Waals surface area contributed by atoms with Gasteiger partial charge in [-0.15, -0.1) is 10.2 Å². The number of aryl methyl sites for hydroxylation is 2. The molecule has 1 aliphatic rings. The number of nitrogens with zero attached hydrogens (tertiary/aromatic N) is 6. The second-order valence-electron chi connectivity index (χ2n) is 6.69. The summed E-state index contributed by atoms with van der Waals surface area (Å²) in [5.74, 6) is 2.51. The van der Waals surface area contributed by atoms with Crippen LogP contribution < -0.4 is 4.90 Å². The van der Waals surface area contributed by atoms with Gasteiger partial charge in [-0.25, -0.2) is 4.98 Å². The van der Waals surface area contributed by atoms with E-state index in [2.05, 4.69) is 30.7 Å². The van der Waals surface area contributed by atoms with E-state index in [1.54, 1.807) is 11.8 Å². The van der Waals surface area contributed by atoms with E-state index in [-0.39, 0.29) is 0 Å². The van der Waals surface area contributed by atoms with Crippen LogP contribution in [-0.4, -0.2) is 39.1 Å². The van der Waals surface area contributed by atoms with E-state index < -0.39 is 0 Å². The van der Waals surface area contributed by atoms with Crippen LogP contribution in [0.25, 0.3) is 0 Å². The number of pyridine rings is 1. The van der Waals surface area contributed by atoms with E-state index in [4.69, 9.17) is 0 Å². The Labute approximate surface area is 153 Å². The van der Waals surface area contributed by atoms with Gasteiger partial charge in [-0.3, -0.25) is 0 Å². The van der Waals surface area contributed by atoms with Crippen molar-refractivity contribution in [1.29, 1.82) is 5.26 Å². The Bertz CT molecular complexity index is 799. The zero-order valence-electron chi connectivity index (χ0n) is 15.3. The highest BCUT2D eigenvalue weighted by molar-refractivity contribution is 7.98. The first kappa shape index (κ1) is 17.7. The molecule has 0 N–H and O–H groups in total. The van der Waals surface area contributed by atoms with E-state index >= 15 is 0 Å². The molecule has 0 aliphatic carbocycles. The second-order valence-corrected chi connectivity index (χ2v) is 7.46. The molecule has 0 bridgehead atoms. The third-order valence-electron chi connectivity index (χ3n) is 4.93. The molecule has 0 aromatic carbocycles. The molecule has 2 aromatic heterocycles. The first-order chi connectivity index (χ1) is 12.0. The monoisotopic (exact) mass is 356 g/mol. The summed E-state index contributed by atoms with van der Waals surface area (Å²) in [6.07, 6.45) is 5.15. The standard InChI is InChI=1S/C18H24N6S/c1-12-9-13(2)20-17(15(12)11-19)24-7-5-14(6-8-24)10-16-21-22-18(25-4)23(16)3/h9,14H,5-8,10H2,1-4H3. The van der Waals surface area contributed by atoms with Gasteiger partial charge in [-0.2, -0.15) is 5.26 Å². The summed E-state index contributed by atoms with van der Waals surface area (Å²) >= 11 is 1.62. The molecule has 3 heterocycles. The Kier molecular flexibility index (Phi) is 5.28. The number of thioether (sulfide) groups is 1. The summed E-state index contributed by atoms with van der Waals surface area (Å²) in [6, 6.07) is 4.31. The predicted octanol–water partition coefficient (Wildman–Crippen LogP) is 2.88. The Morgan fingerprint density at radius 1 is 1.28 bits per heavy atom. The average molecular weight is 356 g/mol. The number of anilines is 1. The van der Waals surface area contributed by atoms with Crippen molar-refractivity contribution in [3.63, 3.8) is 0 Å². The van der Waals surface area contributed by atoms with Crippen molar-refractivity contribution < 1.29 is 0 Å². The molecule has 1 fully saturated rings. The molecular formula is C18H24N6S. The van der Waals surface area contributed by atoms with Crippen LogP contribution in [0.1, 0.15) is 35.5 Å². The van der Waals surface area contributed by atoms with Crippen LogP contribution in [0.4, 0.5) is 5.82 Å². The van der Waals surface area contributed by atoms with Gasteiger partial charge in [0.15, 0.2) is 5.16 Å². The summed E-state index contributed by atoms with van der Waals surface area (Å²) in [7, 11) is 2.04. The van der Waals surface area contributed by atoms with Crippen molar-refractivity contribution in [2.75, 3.05) is 24.2 Å². The van der Waals surface area contributed by atoms with Gasteiger partial charge in [0.2, 0.25) is 0 Å². The van der Waals surface area contributed by atoms with E-state index in [0.717, 1.165) is 60.4 Å². The lowest BCUT2D eigenvalue weighted by molar-refractivity contribution is 0.391. The zero-order valence-corrected chi connectivity index (χ0v) is 16.1. The molecule has 0 spiro atoms. The quantitative estimate of drug-likeness (QED) is 0.785. The van der Waals surface area contributed by atoms with Gasteiger partial charge in [-0.1, -0.05) is 11.8 Å². The molecule has 0 atom stereocenters. The molecular weight excluding hydrogens is 332 g/mol. The van der Waals surface area contributed by atoms with E-state index in [1.165, 1.54) is 0 Å². The van der Waals surface area contributed by atoms with Crippen LogP contribution in [0, 0.1) is 31.1 Å². The molecule has 3 rings (SSSR count). The fourth-order valence-corrected chi connectivity index (χ4v) is 3.99. The largest absolute Gasteiger partial charge is 0.355 e. The van der Waals surface area contributed by atoms with Crippen molar-refractivity contribution in [3.8, 4) is 6.07 Å². The summed E-state index contributed by atoms with van der Waals surface area (Å²) in [5, 5.41) is 19.0. The molecule has 6 nitrogen and oxygen atoms in total. The van der Waals surface area contributed by atoms with Crippen molar-refractivity contribution in [1.82, 2.24) is 19.7 Å². The maximum absolute atomic E-state index is 9.49. The Morgan fingerprint density at radius 3 is 2.60 bits per heavy atom. The lowest BCUT2D eigenvalue weighted by Crippen LogP contribution is -2.35. The minimum absolute atomic E-state index is 0.602. The maximum Gasteiger partial charge on any atom is 0.190 e. The number of nitriles is 1. The van der Waals surface area contributed by atoms with Crippen molar-refractivity contribution in [2.45, 2.75) is 38.3 Å². The SMILES string of the molecule is CSc1nnc(CC2CCN(c3nc(C)cc(C)c3C#N)CC2)n1C. The molecule has 2 aromatic rings. The fourth-order valence-electron chi connectivity index (χ4n) is 3.49.